The summed E-state index contributed by atoms with van der Waals surface area (Å²) in [4.78, 5) is 0. The number of benzene rings is 1. The molecule has 16 heavy (non-hydrogen) atoms. The average Bonchev–Trinajstić information content (AvgIpc) is 2.84. The Hall–Kier alpha value is -2.30. The summed E-state index contributed by atoms with van der Waals surface area (Å²) in [6.45, 7) is 0. The molecule has 0 aliphatic rings. The molecule has 3 N–H and O–H groups in total. The maximum Gasteiger partial charge on any atom is 0.120 e. The molecule has 0 radical (unpaired) electrons. The van der Waals surface area contributed by atoms with Gasteiger partial charge in [0, 0.05) is 12.4 Å². The molecule has 0 bridgehead atoms. The molecular weight excluding hydrogens is 202 g/mol. The normalized spacial score (nSPS) is 11.1. The first-order chi connectivity index (χ1) is 7.77. The van der Waals surface area contributed by atoms with E-state index in [1.165, 1.54) is 0 Å². The molecule has 0 amide bonds. The minimum Gasteiger partial charge on any atom is -0.396 e. The number of nitrogens with one attached hydrogen (secondary N) is 1. The zero-order chi connectivity index (χ0) is 11.1. The molecule has 0 saturated carbocycles. The predicted octanol–water partition coefficient (Wildman–Crippen LogP) is 1.55. The van der Waals surface area contributed by atoms with E-state index in [-0.39, 0.29) is 0 Å². The first kappa shape index (κ1) is 8.96. The number of nitrogen functional groups attached to an aromatic ring is 1. The van der Waals surface area contributed by atoms with Crippen molar-refractivity contribution in [2.75, 3.05) is 5.73 Å². The molecule has 3 rings (SSSR count). The van der Waals surface area contributed by atoms with Gasteiger partial charge in [0.05, 0.1) is 17.4 Å². The molecule has 0 saturated heterocycles. The van der Waals surface area contributed by atoms with Crippen LogP contribution in [0.5, 0.6) is 0 Å². The van der Waals surface area contributed by atoms with Crippen molar-refractivity contribution in [3.8, 4) is 11.4 Å². The van der Waals surface area contributed by atoms with Gasteiger partial charge in [0.1, 0.15) is 11.4 Å². The summed E-state index contributed by atoms with van der Waals surface area (Å²) in [6.07, 6.45) is 1.60. The first-order valence-corrected chi connectivity index (χ1v) is 4.98. The molecular formula is C11H11N5. The molecule has 0 unspecified atom stereocenters. The zero-order valence-electron chi connectivity index (χ0n) is 8.81. The Morgan fingerprint density at radius 2 is 2.12 bits per heavy atom. The summed E-state index contributed by atoms with van der Waals surface area (Å²) in [5, 5.41) is 12.3. The highest BCUT2D eigenvalue weighted by atomic mass is 15.3. The Labute approximate surface area is 91.9 Å². The van der Waals surface area contributed by atoms with Crippen LogP contribution in [0.4, 0.5) is 5.69 Å². The molecule has 0 atom stereocenters. The topological polar surface area (TPSA) is 72.5 Å². The van der Waals surface area contributed by atoms with E-state index in [0.29, 0.717) is 5.69 Å². The molecule has 5 nitrogen and oxygen atoms in total. The monoisotopic (exact) mass is 213 g/mol. The summed E-state index contributed by atoms with van der Waals surface area (Å²) in [6, 6.07) is 8.03. The third kappa shape index (κ3) is 1.11. The second kappa shape index (κ2) is 3.10. The van der Waals surface area contributed by atoms with Gasteiger partial charge in [-0.05, 0) is 6.07 Å². The van der Waals surface area contributed by atoms with Crippen molar-refractivity contribution in [3.63, 3.8) is 0 Å². The van der Waals surface area contributed by atoms with Crippen LogP contribution in [0.2, 0.25) is 0 Å². The maximum atomic E-state index is 5.83. The highest BCUT2D eigenvalue weighted by Crippen LogP contribution is 2.28. The minimum absolute atomic E-state index is 0.615. The molecule has 0 spiro atoms. The lowest BCUT2D eigenvalue weighted by atomic mass is 10.1. The van der Waals surface area contributed by atoms with Gasteiger partial charge < -0.3 is 5.73 Å². The van der Waals surface area contributed by atoms with Crippen molar-refractivity contribution in [1.82, 2.24) is 20.0 Å². The van der Waals surface area contributed by atoms with Gasteiger partial charge >= 0.3 is 0 Å². The van der Waals surface area contributed by atoms with E-state index >= 15 is 0 Å². The Kier molecular flexibility index (Phi) is 1.73. The molecule has 1 aromatic carbocycles. The zero-order valence-corrected chi connectivity index (χ0v) is 8.81. The van der Waals surface area contributed by atoms with E-state index in [1.807, 2.05) is 36.0 Å². The van der Waals surface area contributed by atoms with Gasteiger partial charge in [-0.2, -0.15) is 10.2 Å². The lowest BCUT2D eigenvalue weighted by Crippen LogP contribution is -1.91. The van der Waals surface area contributed by atoms with Crippen LogP contribution in [-0.2, 0) is 7.05 Å². The van der Waals surface area contributed by atoms with E-state index in [2.05, 4.69) is 15.3 Å². The second-order valence-electron chi connectivity index (χ2n) is 3.69. The number of aromatic nitrogens is 4. The predicted molar refractivity (Wildman–Crippen MR) is 62.7 cm³/mol. The lowest BCUT2D eigenvalue weighted by Gasteiger charge is -1.94. The number of nitrogens with zero attached hydrogens (tertiary/aromatic N) is 3. The SMILES string of the molecule is Cn1nc(-c2[nH]ncc2N)c2ccccc21. The van der Waals surface area contributed by atoms with Crippen LogP contribution in [0.25, 0.3) is 22.3 Å². The fourth-order valence-electron chi connectivity index (χ4n) is 1.88. The number of hydrogen-bond donors (Lipinski definition) is 2. The number of nitrogens with two attached hydrogens (primary N) is 1. The number of para-hydroxylation sites is 1. The van der Waals surface area contributed by atoms with Gasteiger partial charge in [-0.3, -0.25) is 9.78 Å². The number of aryl methyl sites for hydroxylation is 1. The fourth-order valence-corrected chi connectivity index (χ4v) is 1.88. The Balaban J connectivity index is 2.37. The van der Waals surface area contributed by atoms with E-state index in [4.69, 9.17) is 5.73 Å². The van der Waals surface area contributed by atoms with E-state index in [9.17, 15) is 0 Å². The molecule has 0 aliphatic carbocycles. The highest BCUT2D eigenvalue weighted by Gasteiger charge is 2.13. The van der Waals surface area contributed by atoms with Crippen molar-refractivity contribution in [3.05, 3.63) is 30.5 Å². The number of rotatable bonds is 1. The number of fused-ring (bicyclic) bond motifs is 1. The third-order valence-corrected chi connectivity index (χ3v) is 2.66. The molecule has 2 heterocycles. The van der Waals surface area contributed by atoms with Crippen LogP contribution in [0.3, 0.4) is 0 Å². The largest absolute Gasteiger partial charge is 0.396 e. The summed E-state index contributed by atoms with van der Waals surface area (Å²) >= 11 is 0. The van der Waals surface area contributed by atoms with Crippen molar-refractivity contribution in [1.29, 1.82) is 0 Å². The third-order valence-electron chi connectivity index (χ3n) is 2.66. The van der Waals surface area contributed by atoms with Crippen LogP contribution in [0.15, 0.2) is 30.5 Å². The van der Waals surface area contributed by atoms with Crippen molar-refractivity contribution >= 4 is 16.6 Å². The van der Waals surface area contributed by atoms with E-state index < -0.39 is 0 Å². The van der Waals surface area contributed by atoms with Gasteiger partial charge in [-0.15, -0.1) is 0 Å². The van der Waals surface area contributed by atoms with E-state index in [0.717, 1.165) is 22.3 Å². The number of hydrogen-bond acceptors (Lipinski definition) is 3. The fraction of sp³-hybridized carbons (Fsp3) is 0.0909. The van der Waals surface area contributed by atoms with Crippen molar-refractivity contribution < 1.29 is 0 Å². The van der Waals surface area contributed by atoms with E-state index in [1.54, 1.807) is 6.20 Å². The van der Waals surface area contributed by atoms with Crippen molar-refractivity contribution in [2.45, 2.75) is 0 Å². The van der Waals surface area contributed by atoms with Gasteiger partial charge in [0.2, 0.25) is 0 Å². The molecule has 0 fully saturated rings. The molecule has 5 heteroatoms. The van der Waals surface area contributed by atoms with Gasteiger partial charge in [-0.1, -0.05) is 18.2 Å². The second-order valence-corrected chi connectivity index (χ2v) is 3.69. The average molecular weight is 213 g/mol. The van der Waals surface area contributed by atoms with Gasteiger partial charge in [-0.25, -0.2) is 0 Å². The van der Waals surface area contributed by atoms with Crippen LogP contribution >= 0.6 is 0 Å². The molecule has 3 aromatic rings. The summed E-state index contributed by atoms with van der Waals surface area (Å²) < 4.78 is 1.84. The molecule has 80 valence electrons. The Bertz CT molecular complexity index is 649. The number of aromatic amines is 1. The smallest absolute Gasteiger partial charge is 0.120 e. The summed E-state index contributed by atoms with van der Waals surface area (Å²) in [7, 11) is 1.92. The Morgan fingerprint density at radius 1 is 1.31 bits per heavy atom. The van der Waals surface area contributed by atoms with Crippen LogP contribution in [0, 0.1) is 0 Å². The van der Waals surface area contributed by atoms with Crippen molar-refractivity contribution in [2.24, 2.45) is 7.05 Å². The van der Waals surface area contributed by atoms with Gasteiger partial charge in [0.25, 0.3) is 0 Å². The van der Waals surface area contributed by atoms with Crippen LogP contribution < -0.4 is 5.73 Å². The molecule has 0 aliphatic heterocycles. The van der Waals surface area contributed by atoms with Crippen LogP contribution in [-0.4, -0.2) is 20.0 Å². The lowest BCUT2D eigenvalue weighted by molar-refractivity contribution is 0.799. The number of H-pyrrole nitrogens is 1. The van der Waals surface area contributed by atoms with Crippen LogP contribution in [0.1, 0.15) is 0 Å². The number of anilines is 1. The minimum atomic E-state index is 0.615. The Morgan fingerprint density at radius 3 is 2.88 bits per heavy atom. The quantitative estimate of drug-likeness (QED) is 0.644. The maximum absolute atomic E-state index is 5.83. The summed E-state index contributed by atoms with van der Waals surface area (Å²) in [5.74, 6) is 0. The highest BCUT2D eigenvalue weighted by molar-refractivity contribution is 5.94. The van der Waals surface area contributed by atoms with Gasteiger partial charge in [0.15, 0.2) is 0 Å². The first-order valence-electron chi connectivity index (χ1n) is 4.98. The molecule has 2 aromatic heterocycles. The standard InChI is InChI=1S/C11H11N5/c1-16-9-5-3-2-4-7(9)10(15-16)11-8(12)6-13-14-11/h2-6H,12H2,1H3,(H,13,14). The summed E-state index contributed by atoms with van der Waals surface area (Å²) in [5.41, 5.74) is 9.14.